The second-order valence-electron chi connectivity index (χ2n) is 5.80. The molecule has 0 saturated carbocycles. The molecule has 130 valence electrons. The molecule has 0 aliphatic rings. The number of hydrogen-bond donors (Lipinski definition) is 2. The molecule has 25 heavy (non-hydrogen) atoms. The van der Waals surface area contributed by atoms with Gasteiger partial charge in [-0.3, -0.25) is 4.79 Å². The number of carbonyl (C=O) groups is 1. The summed E-state index contributed by atoms with van der Waals surface area (Å²) in [5, 5.41) is 12.4. The molecule has 0 heterocycles. The minimum Gasteiger partial charge on any atom is -0.488 e. The van der Waals surface area contributed by atoms with Crippen molar-refractivity contribution >= 4 is 23.2 Å². The molecular formula is C19H21ClN3O2+. The first-order valence-corrected chi connectivity index (χ1v) is 8.39. The van der Waals surface area contributed by atoms with Gasteiger partial charge in [-0.15, -0.1) is 0 Å². The number of rotatable bonds is 7. The predicted molar refractivity (Wildman–Crippen MR) is 97.9 cm³/mol. The van der Waals surface area contributed by atoms with E-state index in [1.807, 2.05) is 26.1 Å². The minimum atomic E-state index is -0.250. The Morgan fingerprint density at radius 3 is 2.72 bits per heavy atom. The monoisotopic (exact) mass is 358 g/mol. The number of ether oxygens (including phenoxy) is 1. The third-order valence-electron chi connectivity index (χ3n) is 3.97. The highest BCUT2D eigenvalue weighted by molar-refractivity contribution is 6.30. The van der Waals surface area contributed by atoms with Crippen LogP contribution in [0.15, 0.2) is 48.5 Å². The highest BCUT2D eigenvalue weighted by Gasteiger charge is 2.21. The van der Waals surface area contributed by atoms with Crippen molar-refractivity contribution in [1.29, 1.82) is 5.26 Å². The number of anilines is 1. The van der Waals surface area contributed by atoms with Crippen molar-refractivity contribution in [2.75, 3.05) is 25.5 Å². The van der Waals surface area contributed by atoms with Crippen LogP contribution in [0.1, 0.15) is 12.5 Å². The first kappa shape index (κ1) is 18.8. The molecule has 0 aliphatic heterocycles. The quantitative estimate of drug-likeness (QED) is 0.796. The molecular weight excluding hydrogens is 338 g/mol. The molecule has 2 aromatic rings. The van der Waals surface area contributed by atoms with Crippen molar-refractivity contribution < 1.29 is 14.4 Å². The van der Waals surface area contributed by atoms with E-state index in [1.165, 1.54) is 0 Å². The van der Waals surface area contributed by atoms with E-state index in [2.05, 4.69) is 11.4 Å². The van der Waals surface area contributed by atoms with Crippen molar-refractivity contribution in [2.45, 2.75) is 13.0 Å². The Bertz CT molecular complexity index is 756. The Labute approximate surface area is 152 Å². The summed E-state index contributed by atoms with van der Waals surface area (Å²) in [5.74, 6) is 0.654. The van der Waals surface area contributed by atoms with E-state index in [-0.39, 0.29) is 11.9 Å². The molecule has 0 bridgehead atoms. The van der Waals surface area contributed by atoms with Crippen LogP contribution in [0, 0.1) is 11.3 Å². The molecule has 0 fully saturated rings. The summed E-state index contributed by atoms with van der Waals surface area (Å²) in [7, 11) is 1.95. The predicted octanol–water partition coefficient (Wildman–Crippen LogP) is 2.13. The van der Waals surface area contributed by atoms with Gasteiger partial charge in [-0.25, -0.2) is 0 Å². The number of amides is 1. The molecule has 5 nitrogen and oxygen atoms in total. The van der Waals surface area contributed by atoms with Crippen LogP contribution >= 0.6 is 11.6 Å². The topological polar surface area (TPSA) is 66.6 Å². The molecule has 0 spiro atoms. The van der Waals surface area contributed by atoms with E-state index in [0.29, 0.717) is 29.4 Å². The lowest BCUT2D eigenvalue weighted by Gasteiger charge is -2.21. The van der Waals surface area contributed by atoms with E-state index in [1.54, 1.807) is 36.4 Å². The maximum atomic E-state index is 12.4. The number of carbonyl (C=O) groups excluding carboxylic acids is 1. The average Bonchev–Trinajstić information content (AvgIpc) is 2.62. The van der Waals surface area contributed by atoms with Crippen LogP contribution in [-0.4, -0.2) is 32.1 Å². The van der Waals surface area contributed by atoms with Gasteiger partial charge in [-0.1, -0.05) is 17.7 Å². The van der Waals surface area contributed by atoms with Crippen LogP contribution < -0.4 is 15.0 Å². The number of benzene rings is 2. The molecule has 2 aromatic carbocycles. The highest BCUT2D eigenvalue weighted by atomic mass is 35.5. The van der Waals surface area contributed by atoms with E-state index in [4.69, 9.17) is 21.6 Å². The van der Waals surface area contributed by atoms with Gasteiger partial charge in [0.2, 0.25) is 0 Å². The van der Waals surface area contributed by atoms with Gasteiger partial charge in [0.15, 0.2) is 6.04 Å². The lowest BCUT2D eigenvalue weighted by atomic mass is 10.2. The number of nitriles is 1. The van der Waals surface area contributed by atoms with Crippen molar-refractivity contribution in [1.82, 2.24) is 0 Å². The Balaban J connectivity index is 1.81. The molecule has 0 saturated heterocycles. The molecule has 0 aliphatic carbocycles. The second kappa shape index (κ2) is 9.07. The SMILES string of the molecule is C[C@H](C(=O)Nc1cccc(C#N)c1)[NH+](C)CCOc1ccc(Cl)cc1. The number of halogens is 1. The summed E-state index contributed by atoms with van der Waals surface area (Å²) >= 11 is 5.84. The van der Waals surface area contributed by atoms with Crippen LogP contribution in [0.4, 0.5) is 5.69 Å². The van der Waals surface area contributed by atoms with Crippen LogP contribution in [0.3, 0.4) is 0 Å². The van der Waals surface area contributed by atoms with Gasteiger partial charge in [-0.05, 0) is 49.4 Å². The van der Waals surface area contributed by atoms with Crippen LogP contribution in [0.2, 0.25) is 5.02 Å². The van der Waals surface area contributed by atoms with Crippen LogP contribution in [-0.2, 0) is 4.79 Å². The summed E-state index contributed by atoms with van der Waals surface area (Å²) in [6.45, 7) is 3.03. The normalized spacial score (nSPS) is 12.7. The molecule has 2 atom stereocenters. The number of likely N-dealkylation sites (N-methyl/N-ethyl adjacent to an activating group) is 1. The maximum Gasteiger partial charge on any atom is 0.282 e. The van der Waals surface area contributed by atoms with E-state index in [9.17, 15) is 4.79 Å². The fourth-order valence-corrected chi connectivity index (χ4v) is 2.34. The van der Waals surface area contributed by atoms with Gasteiger partial charge in [0.05, 0.1) is 18.7 Å². The Morgan fingerprint density at radius 1 is 1.32 bits per heavy atom. The molecule has 0 radical (unpaired) electrons. The number of quaternary nitrogens is 1. The standard InChI is InChI=1S/C19H20ClN3O2/c1-14(19(24)22-17-5-3-4-15(12-17)13-21)23(2)10-11-25-18-8-6-16(20)7-9-18/h3-9,12,14H,10-11H2,1-2H3,(H,22,24)/p+1/t14-/m1/s1. The maximum absolute atomic E-state index is 12.4. The smallest absolute Gasteiger partial charge is 0.282 e. The Hall–Kier alpha value is -2.55. The molecule has 2 rings (SSSR count). The zero-order valence-electron chi connectivity index (χ0n) is 14.3. The molecule has 0 aromatic heterocycles. The zero-order chi connectivity index (χ0) is 18.2. The van der Waals surface area contributed by atoms with Crippen molar-refractivity contribution in [3.05, 3.63) is 59.1 Å². The Morgan fingerprint density at radius 2 is 2.04 bits per heavy atom. The third kappa shape index (κ3) is 5.79. The second-order valence-corrected chi connectivity index (χ2v) is 6.24. The van der Waals surface area contributed by atoms with Gasteiger partial charge in [0.25, 0.3) is 5.91 Å². The summed E-state index contributed by atoms with van der Waals surface area (Å²) < 4.78 is 5.66. The lowest BCUT2D eigenvalue weighted by molar-refractivity contribution is -0.894. The molecule has 6 heteroatoms. The number of nitrogens with one attached hydrogen (secondary N) is 2. The third-order valence-corrected chi connectivity index (χ3v) is 4.22. The van der Waals surface area contributed by atoms with Crippen molar-refractivity contribution in [3.8, 4) is 11.8 Å². The van der Waals surface area contributed by atoms with Crippen molar-refractivity contribution in [2.24, 2.45) is 0 Å². The number of nitrogens with zero attached hydrogens (tertiary/aromatic N) is 1. The molecule has 1 unspecified atom stereocenters. The summed E-state index contributed by atoms with van der Waals surface area (Å²) in [6.07, 6.45) is 0. The zero-order valence-corrected chi connectivity index (χ0v) is 15.0. The first-order chi connectivity index (χ1) is 12.0. The fraction of sp³-hybridized carbons (Fsp3) is 0.263. The van der Waals surface area contributed by atoms with E-state index >= 15 is 0 Å². The largest absolute Gasteiger partial charge is 0.488 e. The van der Waals surface area contributed by atoms with Gasteiger partial charge in [-0.2, -0.15) is 5.26 Å². The summed E-state index contributed by atoms with van der Waals surface area (Å²) in [5.41, 5.74) is 1.14. The van der Waals surface area contributed by atoms with E-state index in [0.717, 1.165) is 10.6 Å². The summed E-state index contributed by atoms with van der Waals surface area (Å²) in [4.78, 5) is 13.4. The molecule has 2 N–H and O–H groups in total. The molecule has 1 amide bonds. The van der Waals surface area contributed by atoms with Crippen LogP contribution in [0.5, 0.6) is 5.75 Å². The van der Waals surface area contributed by atoms with Gasteiger partial charge in [0.1, 0.15) is 18.9 Å². The van der Waals surface area contributed by atoms with E-state index < -0.39 is 0 Å². The van der Waals surface area contributed by atoms with Gasteiger partial charge < -0.3 is 15.0 Å². The number of hydrogen-bond acceptors (Lipinski definition) is 3. The minimum absolute atomic E-state index is 0.0981. The highest BCUT2D eigenvalue weighted by Crippen LogP contribution is 2.15. The van der Waals surface area contributed by atoms with Gasteiger partial charge >= 0.3 is 0 Å². The van der Waals surface area contributed by atoms with Crippen LogP contribution in [0.25, 0.3) is 0 Å². The fourth-order valence-electron chi connectivity index (χ4n) is 2.22. The van der Waals surface area contributed by atoms with Crippen molar-refractivity contribution in [3.63, 3.8) is 0 Å². The summed E-state index contributed by atoms with van der Waals surface area (Å²) in [6, 6.07) is 15.9. The average molecular weight is 359 g/mol. The first-order valence-electron chi connectivity index (χ1n) is 8.01. The van der Waals surface area contributed by atoms with Gasteiger partial charge in [0, 0.05) is 10.7 Å². The Kier molecular flexibility index (Phi) is 6.81. The lowest BCUT2D eigenvalue weighted by Crippen LogP contribution is -3.14.